The number of halogens is 3. The lowest BCUT2D eigenvalue weighted by Crippen LogP contribution is -2.56. The maximum Gasteiger partial charge on any atom is 0.245 e. The topological polar surface area (TPSA) is 105 Å². The van der Waals surface area contributed by atoms with Gasteiger partial charge in [-0.2, -0.15) is 0 Å². The van der Waals surface area contributed by atoms with Crippen LogP contribution in [0.3, 0.4) is 0 Å². The van der Waals surface area contributed by atoms with Crippen LogP contribution in [0.1, 0.15) is 37.4 Å². The predicted octanol–water partition coefficient (Wildman–Crippen LogP) is 3.51. The highest BCUT2D eigenvalue weighted by atomic mass is 35.5. The molecule has 7 nitrogen and oxygen atoms in total. The molecule has 2 atom stereocenters. The fourth-order valence-electron chi connectivity index (χ4n) is 4.53. The number of para-hydroxylation sites is 1. The van der Waals surface area contributed by atoms with Crippen LogP contribution >= 0.6 is 23.2 Å². The summed E-state index contributed by atoms with van der Waals surface area (Å²) >= 11 is 12.3. The monoisotopic (exact) mass is 537 g/mol. The molecule has 0 aromatic heterocycles. The summed E-state index contributed by atoms with van der Waals surface area (Å²) in [4.78, 5) is 29.1. The highest BCUT2D eigenvalue weighted by Gasteiger charge is 2.31. The third kappa shape index (κ3) is 7.09. The summed E-state index contributed by atoms with van der Waals surface area (Å²) < 4.78 is 14.9. The van der Waals surface area contributed by atoms with Gasteiger partial charge in [0.1, 0.15) is 11.9 Å². The predicted molar refractivity (Wildman–Crippen MR) is 143 cm³/mol. The lowest BCUT2D eigenvalue weighted by molar-refractivity contribution is -0.136. The fourth-order valence-corrected chi connectivity index (χ4v) is 5.02. The lowest BCUT2D eigenvalue weighted by atomic mass is 9.95. The number of hydrogen-bond acceptors (Lipinski definition) is 5. The Labute approximate surface area is 221 Å². The van der Waals surface area contributed by atoms with Crippen molar-refractivity contribution in [1.82, 2.24) is 10.2 Å². The van der Waals surface area contributed by atoms with E-state index in [-0.39, 0.29) is 30.7 Å². The van der Waals surface area contributed by atoms with Crippen molar-refractivity contribution in [2.75, 3.05) is 37.6 Å². The molecule has 1 saturated heterocycles. The zero-order chi connectivity index (χ0) is 26.4. The van der Waals surface area contributed by atoms with E-state index in [9.17, 15) is 14.0 Å². The summed E-state index contributed by atoms with van der Waals surface area (Å²) in [6.07, 6.45) is 0.937. The maximum absolute atomic E-state index is 14.9. The van der Waals surface area contributed by atoms with E-state index in [4.69, 9.17) is 34.7 Å². The molecule has 0 unspecified atom stereocenters. The van der Waals surface area contributed by atoms with Gasteiger partial charge in [0.25, 0.3) is 0 Å². The Morgan fingerprint density at radius 2 is 1.81 bits per heavy atom. The van der Waals surface area contributed by atoms with E-state index in [1.54, 1.807) is 29.2 Å². The average molecular weight is 538 g/mol. The van der Waals surface area contributed by atoms with E-state index in [1.165, 1.54) is 6.07 Å². The number of benzene rings is 2. The van der Waals surface area contributed by atoms with Crippen molar-refractivity contribution in [2.24, 2.45) is 17.4 Å². The summed E-state index contributed by atoms with van der Waals surface area (Å²) in [5.74, 6) is -0.628. The Balaban J connectivity index is 1.74. The molecule has 0 radical (unpaired) electrons. The first-order chi connectivity index (χ1) is 17.1. The highest BCUT2D eigenvalue weighted by molar-refractivity contribution is 6.35. The molecule has 3 rings (SSSR count). The number of amides is 2. The van der Waals surface area contributed by atoms with Crippen LogP contribution in [0.15, 0.2) is 36.4 Å². The number of carbonyl (C=O) groups excluding carboxylic acids is 2. The number of rotatable bonds is 9. The molecule has 2 amide bonds. The molecular weight excluding hydrogens is 504 g/mol. The van der Waals surface area contributed by atoms with Gasteiger partial charge in [-0.3, -0.25) is 9.59 Å². The second-order valence-electron chi connectivity index (χ2n) is 9.49. The maximum atomic E-state index is 14.9. The molecule has 1 aliphatic heterocycles. The molecule has 5 N–H and O–H groups in total. The summed E-state index contributed by atoms with van der Waals surface area (Å²) in [6.45, 7) is 5.55. The van der Waals surface area contributed by atoms with Crippen molar-refractivity contribution >= 4 is 40.7 Å². The minimum Gasteiger partial charge on any atom is -0.365 e. The molecule has 10 heteroatoms. The molecule has 1 heterocycles. The van der Waals surface area contributed by atoms with Crippen molar-refractivity contribution in [3.8, 4) is 0 Å². The van der Waals surface area contributed by atoms with E-state index >= 15 is 0 Å². The Bertz CT molecular complexity index is 1080. The van der Waals surface area contributed by atoms with Crippen LogP contribution in [0.2, 0.25) is 10.0 Å². The molecule has 2 aromatic rings. The van der Waals surface area contributed by atoms with E-state index in [1.807, 2.05) is 11.0 Å². The van der Waals surface area contributed by atoms with Crippen LogP contribution in [0.4, 0.5) is 10.1 Å². The van der Waals surface area contributed by atoms with Gasteiger partial charge in [-0.25, -0.2) is 4.39 Å². The van der Waals surface area contributed by atoms with E-state index in [2.05, 4.69) is 19.2 Å². The van der Waals surface area contributed by atoms with Gasteiger partial charge in [0, 0.05) is 48.7 Å². The molecule has 36 heavy (non-hydrogen) atoms. The number of nitrogens with two attached hydrogens (primary N) is 2. The lowest BCUT2D eigenvalue weighted by Gasteiger charge is -2.39. The quantitative estimate of drug-likeness (QED) is 0.454. The molecular formula is C26H34Cl2FN5O2. The number of piperazine rings is 1. The molecule has 2 aromatic carbocycles. The normalized spacial score (nSPS) is 15.7. The molecule has 1 aliphatic rings. The number of anilines is 1. The van der Waals surface area contributed by atoms with E-state index in [0.29, 0.717) is 53.4 Å². The third-order valence-corrected chi connectivity index (χ3v) is 6.90. The Hall–Kier alpha value is -2.39. The Kier molecular flexibility index (Phi) is 9.96. The van der Waals surface area contributed by atoms with Crippen LogP contribution in [0.25, 0.3) is 0 Å². The molecule has 196 valence electrons. The zero-order valence-electron chi connectivity index (χ0n) is 20.6. The molecule has 0 bridgehead atoms. The largest absolute Gasteiger partial charge is 0.365 e. The second-order valence-corrected chi connectivity index (χ2v) is 10.3. The second kappa shape index (κ2) is 12.7. The number of hydrogen-bond donors (Lipinski definition) is 3. The summed E-state index contributed by atoms with van der Waals surface area (Å²) in [7, 11) is 0. The Morgan fingerprint density at radius 1 is 1.11 bits per heavy atom. The molecule has 0 aliphatic carbocycles. The summed E-state index contributed by atoms with van der Waals surface area (Å²) in [5.41, 5.74) is 13.8. The molecule has 1 fully saturated rings. The number of nitrogens with zero attached hydrogens (tertiary/aromatic N) is 2. The summed E-state index contributed by atoms with van der Waals surface area (Å²) in [6, 6.07) is 8.89. The van der Waals surface area contributed by atoms with E-state index in [0.717, 1.165) is 12.0 Å². The van der Waals surface area contributed by atoms with Crippen LogP contribution < -0.4 is 21.7 Å². The number of nitrogens with one attached hydrogen (secondary N) is 1. The first-order valence-corrected chi connectivity index (χ1v) is 12.9. The van der Waals surface area contributed by atoms with Gasteiger partial charge in [0.05, 0.1) is 12.2 Å². The first kappa shape index (κ1) is 28.2. The van der Waals surface area contributed by atoms with Crippen molar-refractivity contribution < 1.29 is 14.0 Å². The zero-order valence-corrected chi connectivity index (χ0v) is 22.2. The minimum absolute atomic E-state index is 0.197. The molecule has 0 saturated carbocycles. The van der Waals surface area contributed by atoms with Crippen LogP contribution in [-0.2, 0) is 16.0 Å². The van der Waals surface area contributed by atoms with Crippen LogP contribution in [0, 0.1) is 11.7 Å². The smallest absolute Gasteiger partial charge is 0.245 e. The van der Waals surface area contributed by atoms with Gasteiger partial charge in [-0.15, -0.1) is 0 Å². The number of carbonyl (C=O) groups is 2. The van der Waals surface area contributed by atoms with Gasteiger partial charge in [-0.05, 0) is 41.7 Å². The average Bonchev–Trinajstić information content (AvgIpc) is 2.84. The fraction of sp³-hybridized carbons (Fsp3) is 0.462. The van der Waals surface area contributed by atoms with Gasteiger partial charge < -0.3 is 26.6 Å². The van der Waals surface area contributed by atoms with Gasteiger partial charge >= 0.3 is 0 Å². The standard InChI is InChI=1S/C26H34Cl2FN5O2/c1-16(2)12-22(31)19-4-3-5-21(29)25(19)33-8-10-34(11-9-33)26(36)23(32-24(35)15-30)13-17-6-7-18(27)14-20(17)28/h3-7,14,16,22-23H,8-13,15,30-31H2,1-2H3,(H,32,35)/t22-,23+/m0/s1. The minimum atomic E-state index is -0.838. The van der Waals surface area contributed by atoms with Crippen LogP contribution in [0.5, 0.6) is 0 Å². The van der Waals surface area contributed by atoms with Gasteiger partial charge in [-0.1, -0.05) is 55.2 Å². The van der Waals surface area contributed by atoms with Crippen LogP contribution in [-0.4, -0.2) is 55.5 Å². The van der Waals surface area contributed by atoms with Crippen molar-refractivity contribution in [1.29, 1.82) is 0 Å². The third-order valence-electron chi connectivity index (χ3n) is 6.31. The highest BCUT2D eigenvalue weighted by Crippen LogP contribution is 2.32. The summed E-state index contributed by atoms with van der Waals surface area (Å²) in [5, 5.41) is 3.61. The Morgan fingerprint density at radius 3 is 2.42 bits per heavy atom. The van der Waals surface area contributed by atoms with Crippen molar-refractivity contribution in [3.63, 3.8) is 0 Å². The van der Waals surface area contributed by atoms with Gasteiger partial charge in [0.15, 0.2) is 0 Å². The molecule has 0 spiro atoms. The van der Waals surface area contributed by atoms with E-state index < -0.39 is 11.9 Å². The van der Waals surface area contributed by atoms with Gasteiger partial charge in [0.2, 0.25) is 11.8 Å². The SMILES string of the molecule is CC(C)C[C@H](N)c1cccc(F)c1N1CCN(C(=O)[C@@H](Cc2ccc(Cl)cc2Cl)NC(=O)CN)CC1. The first-order valence-electron chi connectivity index (χ1n) is 12.1. The van der Waals surface area contributed by atoms with Crippen molar-refractivity contribution in [2.45, 2.75) is 38.8 Å². The van der Waals surface area contributed by atoms with Crippen molar-refractivity contribution in [3.05, 3.63) is 63.4 Å².